The van der Waals surface area contributed by atoms with E-state index in [2.05, 4.69) is 10.6 Å². The molecule has 1 atom stereocenters. The maximum atomic E-state index is 11.3. The number of nitrogens with one attached hydrogen (secondary N) is 2. The molecule has 1 aromatic carbocycles. The molecule has 0 aliphatic rings. The number of hydrogen-bond acceptors (Lipinski definition) is 2. The van der Waals surface area contributed by atoms with E-state index in [-0.39, 0.29) is 17.9 Å². The second kappa shape index (κ2) is 6.03. The fourth-order valence-corrected chi connectivity index (χ4v) is 1.52. The monoisotopic (exact) mass is 234 g/mol. The van der Waals surface area contributed by atoms with Gasteiger partial charge in [0.15, 0.2) is 0 Å². The summed E-state index contributed by atoms with van der Waals surface area (Å²) in [6, 6.07) is 7.40. The fourth-order valence-electron chi connectivity index (χ4n) is 1.52. The van der Waals surface area contributed by atoms with Crippen molar-refractivity contribution in [2.24, 2.45) is 0 Å². The fraction of sp³-hybridized carbons (Fsp3) is 0.385. The van der Waals surface area contributed by atoms with Gasteiger partial charge in [0.1, 0.15) is 0 Å². The van der Waals surface area contributed by atoms with Gasteiger partial charge in [0.25, 0.3) is 0 Å². The summed E-state index contributed by atoms with van der Waals surface area (Å²) < 4.78 is 0. The van der Waals surface area contributed by atoms with E-state index in [1.807, 2.05) is 38.1 Å². The van der Waals surface area contributed by atoms with Crippen LogP contribution in [0.4, 0.5) is 5.69 Å². The molecule has 4 heteroatoms. The molecule has 0 bridgehead atoms. The molecule has 17 heavy (non-hydrogen) atoms. The number of carbonyl (C=O) groups excluding carboxylic acids is 2. The van der Waals surface area contributed by atoms with Crippen LogP contribution in [0, 0.1) is 0 Å². The third-order valence-corrected chi connectivity index (χ3v) is 2.41. The molecule has 0 aliphatic carbocycles. The Morgan fingerprint density at radius 2 is 2.06 bits per heavy atom. The number of anilines is 1. The number of hydrogen-bond donors (Lipinski definition) is 2. The SMILES string of the molecule is CCC(=O)NC(C)c1cccc(NC(C)=O)c1. The van der Waals surface area contributed by atoms with E-state index in [9.17, 15) is 9.59 Å². The van der Waals surface area contributed by atoms with E-state index in [0.29, 0.717) is 6.42 Å². The highest BCUT2D eigenvalue weighted by molar-refractivity contribution is 5.88. The van der Waals surface area contributed by atoms with E-state index < -0.39 is 0 Å². The van der Waals surface area contributed by atoms with Crippen molar-refractivity contribution in [2.75, 3.05) is 5.32 Å². The Kier molecular flexibility index (Phi) is 4.69. The lowest BCUT2D eigenvalue weighted by Crippen LogP contribution is -2.25. The topological polar surface area (TPSA) is 58.2 Å². The van der Waals surface area contributed by atoms with Crippen LogP contribution in [0.25, 0.3) is 0 Å². The van der Waals surface area contributed by atoms with Gasteiger partial charge in [-0.25, -0.2) is 0 Å². The number of benzene rings is 1. The molecule has 0 heterocycles. The summed E-state index contributed by atoms with van der Waals surface area (Å²) >= 11 is 0. The average Bonchev–Trinajstić information content (AvgIpc) is 2.28. The molecule has 0 saturated carbocycles. The zero-order chi connectivity index (χ0) is 12.8. The van der Waals surface area contributed by atoms with Crippen LogP contribution in [-0.4, -0.2) is 11.8 Å². The molecule has 2 amide bonds. The zero-order valence-corrected chi connectivity index (χ0v) is 10.4. The third kappa shape index (κ3) is 4.26. The van der Waals surface area contributed by atoms with Crippen LogP contribution in [0.5, 0.6) is 0 Å². The Hall–Kier alpha value is -1.84. The molecule has 0 saturated heterocycles. The van der Waals surface area contributed by atoms with Crippen LogP contribution in [0.15, 0.2) is 24.3 Å². The predicted molar refractivity (Wildman–Crippen MR) is 67.6 cm³/mol. The standard InChI is InChI=1S/C13H18N2O2/c1-4-13(17)14-9(2)11-6-5-7-12(8-11)15-10(3)16/h5-9H,4H2,1-3H3,(H,14,17)(H,15,16). The van der Waals surface area contributed by atoms with Crippen molar-refractivity contribution in [3.05, 3.63) is 29.8 Å². The molecule has 0 fully saturated rings. The van der Waals surface area contributed by atoms with Crippen molar-refractivity contribution < 1.29 is 9.59 Å². The van der Waals surface area contributed by atoms with Crippen LogP contribution in [0.1, 0.15) is 38.8 Å². The molecule has 2 N–H and O–H groups in total. The first kappa shape index (κ1) is 13.2. The normalized spacial score (nSPS) is 11.7. The van der Waals surface area contributed by atoms with Gasteiger partial charge in [-0.15, -0.1) is 0 Å². The zero-order valence-electron chi connectivity index (χ0n) is 10.4. The first-order chi connectivity index (χ1) is 8.02. The molecule has 0 aromatic heterocycles. The maximum Gasteiger partial charge on any atom is 0.221 e. The van der Waals surface area contributed by atoms with Gasteiger partial charge in [0.2, 0.25) is 11.8 Å². The van der Waals surface area contributed by atoms with E-state index in [4.69, 9.17) is 0 Å². The van der Waals surface area contributed by atoms with Gasteiger partial charge in [-0.05, 0) is 24.6 Å². The van der Waals surface area contributed by atoms with Crippen molar-refractivity contribution >= 4 is 17.5 Å². The molecule has 0 aliphatic heterocycles. The Labute approximate surface area is 101 Å². The predicted octanol–water partition coefficient (Wildman–Crippen LogP) is 2.23. The highest BCUT2D eigenvalue weighted by Gasteiger charge is 2.08. The van der Waals surface area contributed by atoms with Gasteiger partial charge in [-0.3, -0.25) is 9.59 Å². The molecular formula is C13H18N2O2. The van der Waals surface area contributed by atoms with Gasteiger partial charge in [0.05, 0.1) is 6.04 Å². The molecule has 1 unspecified atom stereocenters. The Morgan fingerprint density at radius 3 is 2.65 bits per heavy atom. The number of amides is 2. The van der Waals surface area contributed by atoms with Gasteiger partial charge >= 0.3 is 0 Å². The van der Waals surface area contributed by atoms with E-state index in [0.717, 1.165) is 11.3 Å². The van der Waals surface area contributed by atoms with Crippen molar-refractivity contribution in [2.45, 2.75) is 33.2 Å². The van der Waals surface area contributed by atoms with Gasteiger partial charge < -0.3 is 10.6 Å². The second-order valence-corrected chi connectivity index (χ2v) is 3.95. The average molecular weight is 234 g/mol. The Balaban J connectivity index is 2.76. The van der Waals surface area contributed by atoms with Gasteiger partial charge in [0, 0.05) is 19.0 Å². The van der Waals surface area contributed by atoms with Gasteiger partial charge in [-0.1, -0.05) is 19.1 Å². The third-order valence-electron chi connectivity index (χ3n) is 2.41. The molecule has 1 aromatic rings. The Bertz CT molecular complexity index is 416. The summed E-state index contributed by atoms with van der Waals surface area (Å²) in [5, 5.41) is 5.59. The summed E-state index contributed by atoms with van der Waals surface area (Å²) in [5.74, 6) is -0.0881. The summed E-state index contributed by atoms with van der Waals surface area (Å²) in [6.07, 6.45) is 0.468. The van der Waals surface area contributed by atoms with E-state index in [1.165, 1.54) is 6.92 Å². The summed E-state index contributed by atoms with van der Waals surface area (Å²) in [6.45, 7) is 5.20. The van der Waals surface area contributed by atoms with Crippen LogP contribution in [0.2, 0.25) is 0 Å². The maximum absolute atomic E-state index is 11.3. The minimum atomic E-state index is -0.104. The molecule has 0 spiro atoms. The van der Waals surface area contributed by atoms with Crippen LogP contribution < -0.4 is 10.6 Å². The minimum absolute atomic E-state index is 0.0161. The quantitative estimate of drug-likeness (QED) is 0.839. The molecular weight excluding hydrogens is 216 g/mol. The highest BCUT2D eigenvalue weighted by Crippen LogP contribution is 2.17. The lowest BCUT2D eigenvalue weighted by atomic mass is 10.1. The Morgan fingerprint density at radius 1 is 1.35 bits per heavy atom. The van der Waals surface area contributed by atoms with Crippen LogP contribution in [0.3, 0.4) is 0 Å². The smallest absolute Gasteiger partial charge is 0.221 e. The summed E-state index contributed by atoms with van der Waals surface area (Å²) in [7, 11) is 0. The summed E-state index contributed by atoms with van der Waals surface area (Å²) in [4.78, 5) is 22.2. The number of carbonyl (C=O) groups is 2. The minimum Gasteiger partial charge on any atom is -0.350 e. The van der Waals surface area contributed by atoms with E-state index in [1.54, 1.807) is 0 Å². The van der Waals surface area contributed by atoms with Gasteiger partial charge in [-0.2, -0.15) is 0 Å². The lowest BCUT2D eigenvalue weighted by Gasteiger charge is -2.14. The second-order valence-electron chi connectivity index (χ2n) is 3.95. The molecule has 1 rings (SSSR count). The highest BCUT2D eigenvalue weighted by atomic mass is 16.2. The first-order valence-corrected chi connectivity index (χ1v) is 5.69. The van der Waals surface area contributed by atoms with Crippen LogP contribution >= 0.6 is 0 Å². The number of rotatable bonds is 4. The molecule has 4 nitrogen and oxygen atoms in total. The summed E-state index contributed by atoms with van der Waals surface area (Å²) in [5.41, 5.74) is 1.71. The van der Waals surface area contributed by atoms with Crippen molar-refractivity contribution in [3.8, 4) is 0 Å². The lowest BCUT2D eigenvalue weighted by molar-refractivity contribution is -0.121. The van der Waals surface area contributed by atoms with Crippen molar-refractivity contribution in [3.63, 3.8) is 0 Å². The van der Waals surface area contributed by atoms with Crippen molar-refractivity contribution in [1.82, 2.24) is 5.32 Å². The largest absolute Gasteiger partial charge is 0.350 e. The first-order valence-electron chi connectivity index (χ1n) is 5.69. The molecule has 92 valence electrons. The van der Waals surface area contributed by atoms with Crippen molar-refractivity contribution in [1.29, 1.82) is 0 Å². The molecule has 0 radical (unpaired) electrons. The van der Waals surface area contributed by atoms with E-state index >= 15 is 0 Å². The van der Waals surface area contributed by atoms with Crippen LogP contribution in [-0.2, 0) is 9.59 Å².